The van der Waals surface area contributed by atoms with Gasteiger partial charge in [0.2, 0.25) is 11.8 Å². The normalized spacial score (nSPS) is 10.9. The van der Waals surface area contributed by atoms with Crippen LogP contribution >= 0.6 is 0 Å². The minimum absolute atomic E-state index is 0.0213. The van der Waals surface area contributed by atoms with Crippen molar-refractivity contribution in [2.24, 2.45) is 0 Å². The number of ether oxygens (including phenoxy) is 2. The summed E-state index contributed by atoms with van der Waals surface area (Å²) >= 11 is 0. The molecule has 0 spiro atoms. The van der Waals surface area contributed by atoms with Crippen molar-refractivity contribution in [3.63, 3.8) is 0 Å². The van der Waals surface area contributed by atoms with E-state index in [9.17, 15) is 9.59 Å². The standard InChI is InChI=1S/C28H31N3O4/c1-31(2)19-18-29-28(33)20-22-4-9-23(10-5-22)30-27(32)17-8-21-6-11-25(12-7-21)35-26-15-13-24(34-3)14-16-26/h4-17H,18-20H2,1-3H3,(H,29,33)(H,30,32). The van der Waals surface area contributed by atoms with E-state index in [1.165, 1.54) is 6.08 Å². The molecular formula is C28H31N3O4. The predicted molar refractivity (Wildman–Crippen MR) is 139 cm³/mol. The van der Waals surface area contributed by atoms with Gasteiger partial charge in [-0.05, 0) is 79.8 Å². The average molecular weight is 474 g/mol. The van der Waals surface area contributed by atoms with Gasteiger partial charge in [-0.3, -0.25) is 9.59 Å². The molecule has 0 atom stereocenters. The second kappa shape index (κ2) is 13.0. The van der Waals surface area contributed by atoms with E-state index in [2.05, 4.69) is 10.6 Å². The zero-order valence-corrected chi connectivity index (χ0v) is 20.3. The van der Waals surface area contributed by atoms with Gasteiger partial charge in [-0.1, -0.05) is 24.3 Å². The molecule has 7 nitrogen and oxygen atoms in total. The molecule has 35 heavy (non-hydrogen) atoms. The molecular weight excluding hydrogens is 442 g/mol. The molecule has 2 N–H and O–H groups in total. The lowest BCUT2D eigenvalue weighted by Crippen LogP contribution is -2.32. The van der Waals surface area contributed by atoms with Crippen LogP contribution in [0.4, 0.5) is 5.69 Å². The van der Waals surface area contributed by atoms with Crippen molar-refractivity contribution < 1.29 is 19.1 Å². The van der Waals surface area contributed by atoms with Crippen LogP contribution in [0.1, 0.15) is 11.1 Å². The first-order valence-corrected chi connectivity index (χ1v) is 11.3. The Morgan fingerprint density at radius 3 is 2.06 bits per heavy atom. The summed E-state index contributed by atoms with van der Waals surface area (Å²) in [6, 6.07) is 22.1. The fourth-order valence-electron chi connectivity index (χ4n) is 3.16. The van der Waals surface area contributed by atoms with Crippen LogP contribution in [0.25, 0.3) is 6.08 Å². The van der Waals surface area contributed by atoms with Gasteiger partial charge in [0.15, 0.2) is 0 Å². The predicted octanol–water partition coefficient (Wildman–Crippen LogP) is 4.36. The Labute approximate surface area is 206 Å². The smallest absolute Gasteiger partial charge is 0.248 e. The minimum atomic E-state index is -0.238. The second-order valence-corrected chi connectivity index (χ2v) is 8.20. The molecule has 0 aliphatic rings. The summed E-state index contributed by atoms with van der Waals surface area (Å²) in [5, 5.41) is 5.72. The Hall–Kier alpha value is -4.10. The van der Waals surface area contributed by atoms with E-state index < -0.39 is 0 Å². The van der Waals surface area contributed by atoms with Crippen molar-refractivity contribution >= 4 is 23.6 Å². The lowest BCUT2D eigenvalue weighted by molar-refractivity contribution is -0.120. The Bertz CT molecular complexity index is 1120. The van der Waals surface area contributed by atoms with E-state index in [4.69, 9.17) is 9.47 Å². The van der Waals surface area contributed by atoms with Gasteiger partial charge in [-0.2, -0.15) is 0 Å². The van der Waals surface area contributed by atoms with Crippen molar-refractivity contribution in [2.75, 3.05) is 39.6 Å². The fraction of sp³-hybridized carbons (Fsp3) is 0.214. The van der Waals surface area contributed by atoms with Crippen LogP contribution in [0.15, 0.2) is 78.9 Å². The molecule has 7 heteroatoms. The number of methoxy groups -OCH3 is 1. The van der Waals surface area contributed by atoms with Crippen LogP contribution in [-0.4, -0.2) is 51.0 Å². The van der Waals surface area contributed by atoms with Crippen LogP contribution in [0, 0.1) is 0 Å². The van der Waals surface area contributed by atoms with Gasteiger partial charge >= 0.3 is 0 Å². The quantitative estimate of drug-likeness (QED) is 0.405. The van der Waals surface area contributed by atoms with E-state index in [1.807, 2.05) is 79.7 Å². The lowest BCUT2D eigenvalue weighted by atomic mass is 10.1. The average Bonchev–Trinajstić information content (AvgIpc) is 2.85. The highest BCUT2D eigenvalue weighted by atomic mass is 16.5. The number of hydrogen-bond acceptors (Lipinski definition) is 5. The highest BCUT2D eigenvalue weighted by Crippen LogP contribution is 2.24. The van der Waals surface area contributed by atoms with Gasteiger partial charge in [-0.25, -0.2) is 0 Å². The summed E-state index contributed by atoms with van der Waals surface area (Å²) in [4.78, 5) is 26.3. The molecule has 0 bridgehead atoms. The molecule has 2 amide bonds. The third-order valence-corrected chi connectivity index (χ3v) is 5.07. The SMILES string of the molecule is COc1ccc(Oc2ccc(C=CC(=O)Nc3ccc(CC(=O)NCCN(C)C)cc3)cc2)cc1. The number of amides is 2. The van der Waals surface area contributed by atoms with Gasteiger partial charge < -0.3 is 25.0 Å². The molecule has 0 fully saturated rings. The first-order chi connectivity index (χ1) is 16.9. The fourth-order valence-corrected chi connectivity index (χ4v) is 3.16. The number of anilines is 1. The first-order valence-electron chi connectivity index (χ1n) is 11.3. The van der Waals surface area contributed by atoms with Crippen LogP contribution in [0.3, 0.4) is 0 Å². The molecule has 0 aromatic heterocycles. The second-order valence-electron chi connectivity index (χ2n) is 8.20. The Morgan fingerprint density at radius 2 is 1.46 bits per heavy atom. The Balaban J connectivity index is 1.45. The van der Waals surface area contributed by atoms with Crippen LogP contribution in [0.2, 0.25) is 0 Å². The van der Waals surface area contributed by atoms with Gasteiger partial charge in [0.05, 0.1) is 13.5 Å². The summed E-state index contributed by atoms with van der Waals surface area (Å²) in [6.07, 6.45) is 3.52. The van der Waals surface area contributed by atoms with Crippen molar-refractivity contribution in [2.45, 2.75) is 6.42 Å². The number of hydrogen-bond donors (Lipinski definition) is 2. The number of nitrogens with zero attached hydrogens (tertiary/aromatic N) is 1. The van der Waals surface area contributed by atoms with E-state index in [-0.39, 0.29) is 11.8 Å². The van der Waals surface area contributed by atoms with Crippen LogP contribution < -0.4 is 20.1 Å². The summed E-state index contributed by atoms with van der Waals surface area (Å²) in [5.74, 6) is 1.92. The third-order valence-electron chi connectivity index (χ3n) is 5.07. The highest BCUT2D eigenvalue weighted by Gasteiger charge is 2.05. The highest BCUT2D eigenvalue weighted by molar-refractivity contribution is 6.01. The number of benzene rings is 3. The maximum absolute atomic E-state index is 12.3. The van der Waals surface area contributed by atoms with E-state index in [1.54, 1.807) is 25.3 Å². The van der Waals surface area contributed by atoms with E-state index in [0.29, 0.717) is 30.2 Å². The molecule has 0 aliphatic carbocycles. The summed E-state index contributed by atoms with van der Waals surface area (Å²) in [6.45, 7) is 1.41. The molecule has 3 aromatic rings. The van der Waals surface area contributed by atoms with Crippen molar-refractivity contribution in [1.82, 2.24) is 10.2 Å². The van der Waals surface area contributed by atoms with E-state index in [0.717, 1.165) is 23.4 Å². The zero-order valence-electron chi connectivity index (χ0n) is 20.3. The molecule has 3 rings (SSSR count). The minimum Gasteiger partial charge on any atom is -0.497 e. The number of likely N-dealkylation sites (N-methyl/N-ethyl adjacent to an activating group) is 1. The number of rotatable bonds is 11. The molecule has 0 heterocycles. The zero-order chi connectivity index (χ0) is 25.0. The van der Waals surface area contributed by atoms with Gasteiger partial charge in [0, 0.05) is 24.9 Å². The van der Waals surface area contributed by atoms with Gasteiger partial charge in [0.25, 0.3) is 0 Å². The Morgan fingerprint density at radius 1 is 0.857 bits per heavy atom. The van der Waals surface area contributed by atoms with Crippen LogP contribution in [-0.2, 0) is 16.0 Å². The van der Waals surface area contributed by atoms with E-state index >= 15 is 0 Å². The molecule has 0 radical (unpaired) electrons. The van der Waals surface area contributed by atoms with Gasteiger partial charge in [-0.15, -0.1) is 0 Å². The molecule has 0 unspecified atom stereocenters. The molecule has 0 saturated heterocycles. The molecule has 3 aromatic carbocycles. The monoisotopic (exact) mass is 473 g/mol. The lowest BCUT2D eigenvalue weighted by Gasteiger charge is -2.10. The first kappa shape index (κ1) is 25.5. The molecule has 182 valence electrons. The summed E-state index contributed by atoms with van der Waals surface area (Å²) in [7, 11) is 5.55. The Kier molecular flexibility index (Phi) is 9.45. The number of nitrogens with one attached hydrogen (secondary N) is 2. The maximum Gasteiger partial charge on any atom is 0.248 e. The van der Waals surface area contributed by atoms with Crippen molar-refractivity contribution in [3.05, 3.63) is 90.0 Å². The number of carbonyl (C=O) groups is 2. The maximum atomic E-state index is 12.3. The molecule has 0 aliphatic heterocycles. The van der Waals surface area contributed by atoms with Crippen molar-refractivity contribution in [3.8, 4) is 17.2 Å². The van der Waals surface area contributed by atoms with Crippen LogP contribution in [0.5, 0.6) is 17.2 Å². The topological polar surface area (TPSA) is 79.9 Å². The summed E-state index contributed by atoms with van der Waals surface area (Å²) < 4.78 is 11.0. The van der Waals surface area contributed by atoms with Crippen molar-refractivity contribution in [1.29, 1.82) is 0 Å². The molecule has 0 saturated carbocycles. The van der Waals surface area contributed by atoms with Gasteiger partial charge in [0.1, 0.15) is 17.2 Å². The largest absolute Gasteiger partial charge is 0.497 e. The summed E-state index contributed by atoms with van der Waals surface area (Å²) in [5.41, 5.74) is 2.43. The third kappa shape index (κ3) is 8.98. The number of carbonyl (C=O) groups excluding carboxylic acids is 2.